The van der Waals surface area contributed by atoms with Crippen LogP contribution in [0.15, 0.2) is 42.5 Å². The quantitative estimate of drug-likeness (QED) is 0.684. The molecule has 27 heavy (non-hydrogen) atoms. The zero-order valence-electron chi connectivity index (χ0n) is 14.9. The first kappa shape index (κ1) is 20.9. The number of carbonyl (C=O) groups is 2. The molecule has 0 heterocycles. The topological polar surface area (TPSA) is 76.7 Å². The number of halogens is 2. The SMILES string of the molecule is CCc1ccc(O[C@@H](C)C(=O)NNC(=O)COc2ccc(Cl)cc2Cl)cc1. The highest BCUT2D eigenvalue weighted by atomic mass is 35.5. The first-order valence-corrected chi connectivity index (χ1v) is 9.06. The Morgan fingerprint density at radius 2 is 1.78 bits per heavy atom. The van der Waals surface area contributed by atoms with Gasteiger partial charge < -0.3 is 9.47 Å². The Hall–Kier alpha value is -2.44. The first-order valence-electron chi connectivity index (χ1n) is 8.31. The van der Waals surface area contributed by atoms with Crippen LogP contribution < -0.4 is 20.3 Å². The van der Waals surface area contributed by atoms with Crippen molar-refractivity contribution in [2.24, 2.45) is 0 Å². The third-order valence-electron chi connectivity index (χ3n) is 3.59. The molecule has 0 aliphatic carbocycles. The van der Waals surface area contributed by atoms with Gasteiger partial charge in [-0.15, -0.1) is 0 Å². The van der Waals surface area contributed by atoms with Crippen LogP contribution in [0.2, 0.25) is 10.0 Å². The highest BCUT2D eigenvalue weighted by Gasteiger charge is 2.15. The fourth-order valence-electron chi connectivity index (χ4n) is 2.07. The fraction of sp³-hybridized carbons (Fsp3) is 0.263. The van der Waals surface area contributed by atoms with Gasteiger partial charge in [-0.2, -0.15) is 0 Å². The van der Waals surface area contributed by atoms with Crippen molar-refractivity contribution in [1.29, 1.82) is 0 Å². The zero-order chi connectivity index (χ0) is 19.8. The van der Waals surface area contributed by atoms with Crippen LogP contribution >= 0.6 is 23.2 Å². The van der Waals surface area contributed by atoms with Gasteiger partial charge in [0.2, 0.25) is 0 Å². The van der Waals surface area contributed by atoms with Crippen molar-refractivity contribution in [2.45, 2.75) is 26.4 Å². The normalized spacial score (nSPS) is 11.4. The Labute approximate surface area is 167 Å². The summed E-state index contributed by atoms with van der Waals surface area (Å²) in [4.78, 5) is 23.8. The van der Waals surface area contributed by atoms with Crippen LogP contribution in [0.25, 0.3) is 0 Å². The molecule has 0 aliphatic heterocycles. The lowest BCUT2D eigenvalue weighted by Gasteiger charge is -2.15. The minimum Gasteiger partial charge on any atom is -0.482 e. The molecule has 0 saturated heterocycles. The molecule has 0 aromatic heterocycles. The minimum atomic E-state index is -0.788. The highest BCUT2D eigenvalue weighted by molar-refractivity contribution is 6.35. The van der Waals surface area contributed by atoms with Crippen molar-refractivity contribution in [1.82, 2.24) is 10.9 Å². The van der Waals surface area contributed by atoms with E-state index in [9.17, 15) is 9.59 Å². The predicted molar refractivity (Wildman–Crippen MR) is 104 cm³/mol. The van der Waals surface area contributed by atoms with Gasteiger partial charge in [-0.05, 0) is 49.2 Å². The summed E-state index contributed by atoms with van der Waals surface area (Å²) in [6.07, 6.45) is 0.135. The molecule has 0 fully saturated rings. The van der Waals surface area contributed by atoms with E-state index in [0.29, 0.717) is 16.5 Å². The number of benzene rings is 2. The average molecular weight is 411 g/mol. The fourth-order valence-corrected chi connectivity index (χ4v) is 2.53. The molecule has 1 atom stereocenters. The third kappa shape index (κ3) is 6.66. The van der Waals surface area contributed by atoms with Crippen LogP contribution in [0.4, 0.5) is 0 Å². The molecule has 0 bridgehead atoms. The first-order chi connectivity index (χ1) is 12.9. The summed E-state index contributed by atoms with van der Waals surface area (Å²) in [5, 5.41) is 0.748. The van der Waals surface area contributed by atoms with Gasteiger partial charge in [0.25, 0.3) is 11.8 Å². The average Bonchev–Trinajstić information content (AvgIpc) is 2.66. The number of hydrogen-bond acceptors (Lipinski definition) is 4. The van der Waals surface area contributed by atoms with Crippen LogP contribution in [-0.2, 0) is 16.0 Å². The monoisotopic (exact) mass is 410 g/mol. The minimum absolute atomic E-state index is 0.287. The smallest absolute Gasteiger partial charge is 0.279 e. The third-order valence-corrected chi connectivity index (χ3v) is 4.12. The predicted octanol–water partition coefficient (Wildman–Crippen LogP) is 3.55. The van der Waals surface area contributed by atoms with Crippen LogP contribution in [0, 0.1) is 0 Å². The van der Waals surface area contributed by atoms with Crippen LogP contribution in [-0.4, -0.2) is 24.5 Å². The van der Waals surface area contributed by atoms with Gasteiger partial charge in [0.1, 0.15) is 11.5 Å². The second-order valence-electron chi connectivity index (χ2n) is 5.66. The summed E-state index contributed by atoms with van der Waals surface area (Å²) in [5.74, 6) is -0.155. The van der Waals surface area contributed by atoms with E-state index in [2.05, 4.69) is 17.8 Å². The van der Waals surface area contributed by atoms with E-state index >= 15 is 0 Å². The second-order valence-corrected chi connectivity index (χ2v) is 6.50. The molecule has 0 spiro atoms. The summed E-state index contributed by atoms with van der Waals surface area (Å²) in [5.41, 5.74) is 5.72. The second kappa shape index (κ2) is 10.0. The summed E-state index contributed by atoms with van der Waals surface area (Å²) >= 11 is 11.7. The van der Waals surface area contributed by atoms with Crippen molar-refractivity contribution in [2.75, 3.05) is 6.61 Å². The number of amides is 2. The van der Waals surface area contributed by atoms with E-state index in [1.54, 1.807) is 31.2 Å². The number of nitrogens with one attached hydrogen (secondary N) is 2. The molecule has 0 radical (unpaired) electrons. The van der Waals surface area contributed by atoms with E-state index in [4.69, 9.17) is 32.7 Å². The van der Waals surface area contributed by atoms with Crippen LogP contribution in [0.1, 0.15) is 19.4 Å². The van der Waals surface area contributed by atoms with Crippen LogP contribution in [0.3, 0.4) is 0 Å². The molecular weight excluding hydrogens is 391 g/mol. The van der Waals surface area contributed by atoms with Crippen LogP contribution in [0.5, 0.6) is 11.5 Å². The van der Waals surface area contributed by atoms with E-state index in [-0.39, 0.29) is 11.6 Å². The van der Waals surface area contributed by atoms with Crippen molar-refractivity contribution in [3.05, 3.63) is 58.1 Å². The summed E-state index contributed by atoms with van der Waals surface area (Å²) in [7, 11) is 0. The molecule has 2 aromatic rings. The molecule has 6 nitrogen and oxygen atoms in total. The highest BCUT2D eigenvalue weighted by Crippen LogP contribution is 2.27. The van der Waals surface area contributed by atoms with Crippen molar-refractivity contribution in [3.63, 3.8) is 0 Å². The summed E-state index contributed by atoms with van der Waals surface area (Å²) < 4.78 is 10.8. The maximum Gasteiger partial charge on any atom is 0.279 e. The van der Waals surface area contributed by atoms with Gasteiger partial charge in [-0.25, -0.2) is 0 Å². The maximum atomic E-state index is 12.0. The van der Waals surface area contributed by atoms with Gasteiger partial charge in [-0.3, -0.25) is 20.4 Å². The van der Waals surface area contributed by atoms with Crippen molar-refractivity contribution in [3.8, 4) is 11.5 Å². The Bertz CT molecular complexity index is 797. The molecule has 144 valence electrons. The lowest BCUT2D eigenvalue weighted by atomic mass is 10.2. The molecule has 0 saturated carbocycles. The molecule has 2 N–H and O–H groups in total. The maximum absolute atomic E-state index is 12.0. The standard InChI is InChI=1S/C19H20Cl2N2O4/c1-3-13-4-7-15(8-5-13)27-12(2)19(25)23-22-18(24)11-26-17-9-6-14(20)10-16(17)21/h4-10,12H,3,11H2,1-2H3,(H,22,24)(H,23,25)/t12-/m0/s1. The van der Waals surface area contributed by atoms with Gasteiger partial charge in [-0.1, -0.05) is 42.3 Å². The number of hydrazine groups is 1. The molecular formula is C19H20Cl2N2O4. The zero-order valence-corrected chi connectivity index (χ0v) is 16.4. The van der Waals surface area contributed by atoms with E-state index in [0.717, 1.165) is 6.42 Å². The number of aryl methyl sites for hydroxylation is 1. The number of carbonyl (C=O) groups excluding carboxylic acids is 2. The molecule has 2 amide bonds. The summed E-state index contributed by atoms with van der Waals surface area (Å²) in [6, 6.07) is 12.1. The Kier molecular flexibility index (Phi) is 7.76. The van der Waals surface area contributed by atoms with Crippen molar-refractivity contribution < 1.29 is 19.1 Å². The lowest BCUT2D eigenvalue weighted by Crippen LogP contribution is -2.48. The molecule has 2 aromatic carbocycles. The van der Waals surface area contributed by atoms with Gasteiger partial charge in [0.05, 0.1) is 5.02 Å². The van der Waals surface area contributed by atoms with E-state index < -0.39 is 17.9 Å². The van der Waals surface area contributed by atoms with E-state index in [1.807, 2.05) is 12.1 Å². The van der Waals surface area contributed by atoms with Gasteiger partial charge in [0.15, 0.2) is 12.7 Å². The summed E-state index contributed by atoms with van der Waals surface area (Å²) in [6.45, 7) is 3.31. The van der Waals surface area contributed by atoms with Crippen molar-refractivity contribution >= 4 is 35.0 Å². The number of ether oxygens (including phenoxy) is 2. The van der Waals surface area contributed by atoms with E-state index in [1.165, 1.54) is 11.6 Å². The molecule has 0 aliphatic rings. The number of rotatable bonds is 7. The Morgan fingerprint density at radius 1 is 1.07 bits per heavy atom. The van der Waals surface area contributed by atoms with Gasteiger partial charge in [0, 0.05) is 5.02 Å². The Balaban J connectivity index is 1.75. The molecule has 0 unspecified atom stereocenters. The molecule has 8 heteroatoms. The Morgan fingerprint density at radius 3 is 2.41 bits per heavy atom. The van der Waals surface area contributed by atoms with Gasteiger partial charge >= 0.3 is 0 Å². The molecule has 2 rings (SSSR count). The largest absolute Gasteiger partial charge is 0.482 e. The number of hydrogen-bond donors (Lipinski definition) is 2. The lowest BCUT2D eigenvalue weighted by molar-refractivity contribution is -0.133.